The van der Waals surface area contributed by atoms with Crippen molar-refractivity contribution in [3.8, 4) is 11.5 Å². The van der Waals surface area contributed by atoms with Gasteiger partial charge in [-0.15, -0.1) is 0 Å². The van der Waals surface area contributed by atoms with Crippen LogP contribution in [0.3, 0.4) is 0 Å². The van der Waals surface area contributed by atoms with E-state index in [-0.39, 0.29) is 11.8 Å². The Balaban J connectivity index is 1.51. The molecule has 210 valence electrons. The van der Waals surface area contributed by atoms with Gasteiger partial charge in [0.2, 0.25) is 0 Å². The number of aromatic amines is 1. The summed E-state index contributed by atoms with van der Waals surface area (Å²) in [6.07, 6.45) is 1.95. The fourth-order valence-corrected chi connectivity index (χ4v) is 4.49. The molecule has 0 fully saturated rings. The number of nitrogens with one attached hydrogen (secondary N) is 2. The Bertz CT molecular complexity index is 1510. The number of hydrogen-bond donors (Lipinski definition) is 2. The summed E-state index contributed by atoms with van der Waals surface area (Å²) in [7, 11) is 7.33. The number of amides is 2. The van der Waals surface area contributed by atoms with Gasteiger partial charge in [-0.1, -0.05) is 12.1 Å². The molecule has 0 spiro atoms. The highest BCUT2D eigenvalue weighted by molar-refractivity contribution is 6.12. The van der Waals surface area contributed by atoms with E-state index in [1.807, 2.05) is 38.1 Å². The number of carbonyl (C=O) groups is 2. The molecule has 2 N–H and O–H groups in total. The summed E-state index contributed by atoms with van der Waals surface area (Å²) in [5, 5.41) is 2.90. The van der Waals surface area contributed by atoms with Gasteiger partial charge in [-0.25, -0.2) is 4.98 Å². The van der Waals surface area contributed by atoms with E-state index in [0.717, 1.165) is 36.3 Å². The molecule has 9 heteroatoms. The number of hydrogen-bond acceptors (Lipinski definition) is 6. The lowest BCUT2D eigenvalue weighted by Crippen LogP contribution is -2.27. The number of fused-ring (bicyclic) bond motifs is 1. The molecule has 0 bridgehead atoms. The topological polar surface area (TPSA) is 99.8 Å². The van der Waals surface area contributed by atoms with Crippen molar-refractivity contribution in [2.24, 2.45) is 0 Å². The van der Waals surface area contributed by atoms with Crippen LogP contribution in [0, 0.1) is 13.8 Å². The quantitative estimate of drug-likeness (QED) is 0.245. The molecule has 40 heavy (non-hydrogen) atoms. The first-order valence-electron chi connectivity index (χ1n) is 13.3. The number of anilines is 2. The predicted molar refractivity (Wildman–Crippen MR) is 159 cm³/mol. The number of nitrogens with zero attached hydrogens (tertiary/aromatic N) is 3. The van der Waals surface area contributed by atoms with E-state index < -0.39 is 0 Å². The highest BCUT2D eigenvalue weighted by Crippen LogP contribution is 2.32. The van der Waals surface area contributed by atoms with E-state index in [1.54, 1.807) is 42.3 Å². The highest BCUT2D eigenvalue weighted by atomic mass is 16.5. The van der Waals surface area contributed by atoms with Crippen LogP contribution in [0.15, 0.2) is 54.6 Å². The number of carbonyl (C=O) groups excluding carboxylic acids is 2. The second kappa shape index (κ2) is 12.7. The molecule has 0 aliphatic heterocycles. The van der Waals surface area contributed by atoms with Crippen LogP contribution < -0.4 is 19.7 Å². The Kier molecular flexibility index (Phi) is 9.06. The number of methoxy groups -OCH3 is 1. The summed E-state index contributed by atoms with van der Waals surface area (Å²) in [6.45, 7) is 5.41. The monoisotopic (exact) mass is 543 g/mol. The molecule has 9 nitrogen and oxygen atoms in total. The van der Waals surface area contributed by atoms with E-state index in [9.17, 15) is 9.59 Å². The zero-order chi connectivity index (χ0) is 28.8. The lowest BCUT2D eigenvalue weighted by atomic mass is 10.1. The SMILES string of the molecule is COc1cc(C(=O)N(C)c2ccc(C)cc2OCCCCN(C)C)ccc1NC(=O)c1cccc2[nH]c(C)nc12. The number of H-pyrrole nitrogens is 1. The standard InChI is InChI=1S/C31H37N5O4/c1-20-12-15-26(28(18-20)40-17-8-7-16-35(3)4)36(5)31(38)22-13-14-24(27(19-22)39-6)34-30(37)23-10-9-11-25-29(23)33-21(2)32-25/h9-15,18-19H,7-8,16-17H2,1-6H3,(H,32,33)(H,34,37). The average molecular weight is 544 g/mol. The van der Waals surface area contributed by atoms with E-state index in [1.165, 1.54) is 7.11 Å². The smallest absolute Gasteiger partial charge is 0.258 e. The van der Waals surface area contributed by atoms with Crippen molar-refractivity contribution in [1.82, 2.24) is 14.9 Å². The van der Waals surface area contributed by atoms with Crippen molar-refractivity contribution in [3.05, 3.63) is 77.1 Å². The zero-order valence-electron chi connectivity index (χ0n) is 24.0. The van der Waals surface area contributed by atoms with Crippen molar-refractivity contribution >= 4 is 34.2 Å². The third-order valence-corrected chi connectivity index (χ3v) is 6.61. The molecule has 3 aromatic carbocycles. The van der Waals surface area contributed by atoms with Crippen LogP contribution >= 0.6 is 0 Å². The molecule has 4 aromatic rings. The lowest BCUT2D eigenvalue weighted by Gasteiger charge is -2.22. The lowest BCUT2D eigenvalue weighted by molar-refractivity contribution is 0.0990. The van der Waals surface area contributed by atoms with Gasteiger partial charge in [-0.3, -0.25) is 9.59 Å². The maximum atomic E-state index is 13.5. The molecule has 0 aliphatic carbocycles. The van der Waals surface area contributed by atoms with Gasteiger partial charge >= 0.3 is 0 Å². The van der Waals surface area contributed by atoms with Gasteiger partial charge in [0.15, 0.2) is 0 Å². The second-order valence-corrected chi connectivity index (χ2v) is 10.1. The molecular weight excluding hydrogens is 506 g/mol. The van der Waals surface area contributed by atoms with Gasteiger partial charge < -0.3 is 29.6 Å². The number of ether oxygens (including phenoxy) is 2. The summed E-state index contributed by atoms with van der Waals surface area (Å²) < 4.78 is 11.6. The Morgan fingerprint density at radius 1 is 0.975 bits per heavy atom. The van der Waals surface area contributed by atoms with Crippen molar-refractivity contribution < 1.29 is 19.1 Å². The highest BCUT2D eigenvalue weighted by Gasteiger charge is 2.21. The van der Waals surface area contributed by atoms with E-state index in [2.05, 4.69) is 34.3 Å². The van der Waals surface area contributed by atoms with Crippen LogP contribution in [0.25, 0.3) is 11.0 Å². The van der Waals surface area contributed by atoms with Gasteiger partial charge in [-0.05, 0) is 95.4 Å². The van der Waals surface area contributed by atoms with Crippen LogP contribution in [0.4, 0.5) is 11.4 Å². The Labute approximate surface area is 235 Å². The third-order valence-electron chi connectivity index (χ3n) is 6.61. The average Bonchev–Trinajstić information content (AvgIpc) is 3.32. The fraction of sp³-hybridized carbons (Fsp3) is 0.323. The Morgan fingerprint density at radius 3 is 2.52 bits per heavy atom. The predicted octanol–water partition coefficient (Wildman–Crippen LogP) is 5.44. The summed E-state index contributed by atoms with van der Waals surface area (Å²) >= 11 is 0. The first-order valence-corrected chi connectivity index (χ1v) is 13.3. The molecular formula is C31H37N5O4. The summed E-state index contributed by atoms with van der Waals surface area (Å²) in [5.41, 5.74) is 4.43. The summed E-state index contributed by atoms with van der Waals surface area (Å²) in [6, 6.07) is 16.2. The molecule has 1 aromatic heterocycles. The van der Waals surface area contributed by atoms with Gasteiger partial charge in [0.05, 0.1) is 36.2 Å². The number of benzene rings is 3. The number of unbranched alkanes of at least 4 members (excludes halogenated alkanes) is 1. The second-order valence-electron chi connectivity index (χ2n) is 10.1. The van der Waals surface area contributed by atoms with Crippen molar-refractivity contribution in [2.45, 2.75) is 26.7 Å². The molecule has 0 aliphatic rings. The molecule has 0 atom stereocenters. The van der Waals surface area contributed by atoms with Gasteiger partial charge in [-0.2, -0.15) is 0 Å². The normalized spacial score (nSPS) is 11.1. The number of rotatable bonds is 11. The van der Waals surface area contributed by atoms with Gasteiger partial charge in [0.25, 0.3) is 11.8 Å². The van der Waals surface area contributed by atoms with Crippen LogP contribution in [0.2, 0.25) is 0 Å². The fourth-order valence-electron chi connectivity index (χ4n) is 4.49. The summed E-state index contributed by atoms with van der Waals surface area (Å²) in [4.78, 5) is 38.0. The largest absolute Gasteiger partial charge is 0.495 e. The molecule has 4 rings (SSSR count). The van der Waals surface area contributed by atoms with Crippen LogP contribution in [-0.2, 0) is 0 Å². The van der Waals surface area contributed by atoms with E-state index >= 15 is 0 Å². The number of para-hydroxylation sites is 1. The van der Waals surface area contributed by atoms with Gasteiger partial charge in [0.1, 0.15) is 22.8 Å². The molecule has 0 saturated carbocycles. The molecule has 2 amide bonds. The zero-order valence-corrected chi connectivity index (χ0v) is 24.0. The number of imidazole rings is 1. The van der Waals surface area contributed by atoms with Crippen LogP contribution in [-0.4, -0.2) is 68.1 Å². The minimum absolute atomic E-state index is 0.228. The van der Waals surface area contributed by atoms with E-state index in [0.29, 0.717) is 46.1 Å². The minimum atomic E-state index is -0.321. The molecule has 1 heterocycles. The Hall–Kier alpha value is -4.37. The summed E-state index contributed by atoms with van der Waals surface area (Å²) in [5.74, 6) is 1.22. The molecule has 0 unspecified atom stereocenters. The number of aromatic nitrogens is 2. The maximum absolute atomic E-state index is 13.5. The van der Waals surface area contributed by atoms with Crippen LogP contribution in [0.5, 0.6) is 11.5 Å². The Morgan fingerprint density at radius 2 is 1.77 bits per heavy atom. The maximum Gasteiger partial charge on any atom is 0.258 e. The van der Waals surface area contributed by atoms with Crippen LogP contribution in [0.1, 0.15) is 44.9 Å². The van der Waals surface area contributed by atoms with E-state index in [4.69, 9.17) is 9.47 Å². The molecule has 0 radical (unpaired) electrons. The van der Waals surface area contributed by atoms with Crippen molar-refractivity contribution in [3.63, 3.8) is 0 Å². The van der Waals surface area contributed by atoms with Gasteiger partial charge in [0, 0.05) is 12.6 Å². The minimum Gasteiger partial charge on any atom is -0.495 e. The first-order chi connectivity index (χ1) is 19.2. The first kappa shape index (κ1) is 28.6. The third kappa shape index (κ3) is 6.60. The number of aryl methyl sites for hydroxylation is 2. The van der Waals surface area contributed by atoms with Crippen molar-refractivity contribution in [1.29, 1.82) is 0 Å². The van der Waals surface area contributed by atoms with Crippen molar-refractivity contribution in [2.75, 3.05) is 51.6 Å². The molecule has 0 saturated heterocycles.